The molecule has 2 N–H and O–H groups in total. The lowest BCUT2D eigenvalue weighted by Gasteiger charge is -1.77. The fourth-order valence-electron chi connectivity index (χ4n) is 0. The van der Waals surface area contributed by atoms with Crippen LogP contribution in [0.25, 0.3) is 0 Å². The molecule has 0 aliphatic heterocycles. The SMILES string of the molecule is CCO[SiH3].OCCO. The molecule has 0 aromatic heterocycles. The van der Waals surface area contributed by atoms with Crippen LogP contribution < -0.4 is 0 Å². The molecule has 0 saturated heterocycles. The van der Waals surface area contributed by atoms with E-state index in [0.717, 1.165) is 17.1 Å². The minimum atomic E-state index is -0.125. The van der Waals surface area contributed by atoms with Crippen molar-refractivity contribution in [3.63, 3.8) is 0 Å². The summed E-state index contributed by atoms with van der Waals surface area (Å²) in [6.45, 7) is 2.62. The van der Waals surface area contributed by atoms with Crippen molar-refractivity contribution in [3.8, 4) is 0 Å². The lowest BCUT2D eigenvalue weighted by molar-refractivity contribution is 0.186. The van der Waals surface area contributed by atoms with Gasteiger partial charge in [0.1, 0.15) is 10.5 Å². The molecule has 0 aliphatic rings. The van der Waals surface area contributed by atoms with Crippen LogP contribution in [0.5, 0.6) is 0 Å². The zero-order chi connectivity index (χ0) is 6.83. The molecule has 0 aliphatic carbocycles. The van der Waals surface area contributed by atoms with Gasteiger partial charge in [-0.25, -0.2) is 0 Å². The smallest absolute Gasteiger partial charge is 0.145 e. The Morgan fingerprint density at radius 1 is 1.38 bits per heavy atom. The van der Waals surface area contributed by atoms with Gasteiger partial charge in [-0.05, 0) is 6.92 Å². The molecule has 52 valence electrons. The maximum absolute atomic E-state index is 7.62. The molecule has 0 atom stereocenters. The second kappa shape index (κ2) is 15.7. The third-order valence-corrected chi connectivity index (χ3v) is 0.966. The van der Waals surface area contributed by atoms with E-state index in [4.69, 9.17) is 10.2 Å². The minimum absolute atomic E-state index is 0.125. The molecule has 3 nitrogen and oxygen atoms in total. The number of hydrogen-bond donors (Lipinski definition) is 2. The van der Waals surface area contributed by atoms with Crippen molar-refractivity contribution < 1.29 is 14.6 Å². The average Bonchev–Trinajstić information content (AvgIpc) is 1.88. The van der Waals surface area contributed by atoms with Gasteiger partial charge in [-0.2, -0.15) is 0 Å². The summed E-state index contributed by atoms with van der Waals surface area (Å²) < 4.78 is 4.68. The summed E-state index contributed by atoms with van der Waals surface area (Å²) in [6.07, 6.45) is 0. The Kier molecular flexibility index (Phi) is 21.6. The molecule has 0 aromatic rings. The number of rotatable bonds is 2. The Bertz CT molecular complexity index is 19.2. The Morgan fingerprint density at radius 2 is 1.62 bits per heavy atom. The van der Waals surface area contributed by atoms with Crippen LogP contribution in [0, 0.1) is 0 Å². The second-order valence-electron chi connectivity index (χ2n) is 1.02. The van der Waals surface area contributed by atoms with Gasteiger partial charge in [0.15, 0.2) is 0 Å². The van der Waals surface area contributed by atoms with E-state index < -0.39 is 0 Å². The van der Waals surface area contributed by atoms with Crippen LogP contribution in [0.3, 0.4) is 0 Å². The maximum atomic E-state index is 7.62. The van der Waals surface area contributed by atoms with Crippen molar-refractivity contribution in [2.45, 2.75) is 6.92 Å². The van der Waals surface area contributed by atoms with E-state index in [1.165, 1.54) is 0 Å². The standard InChI is InChI=1S/C2H6O2.C2H8OSi/c3-1-2-4;1-2-3-4/h3-4H,1-2H2;2H2,1,4H3. The summed E-state index contributed by atoms with van der Waals surface area (Å²) in [5.41, 5.74) is 0. The largest absolute Gasteiger partial charge is 0.428 e. The van der Waals surface area contributed by atoms with E-state index in [0.29, 0.717) is 0 Å². The highest BCUT2D eigenvalue weighted by Gasteiger charge is 1.58. The van der Waals surface area contributed by atoms with Gasteiger partial charge in [-0.3, -0.25) is 0 Å². The summed E-state index contributed by atoms with van der Waals surface area (Å²) >= 11 is 0. The molecule has 0 saturated carbocycles. The first-order valence-electron chi connectivity index (χ1n) is 2.54. The van der Waals surface area contributed by atoms with Gasteiger partial charge >= 0.3 is 0 Å². The molecule has 0 rings (SSSR count). The minimum Gasteiger partial charge on any atom is -0.428 e. The van der Waals surface area contributed by atoms with Gasteiger partial charge in [-0.15, -0.1) is 0 Å². The third kappa shape index (κ3) is 36.0. The van der Waals surface area contributed by atoms with Crippen LogP contribution >= 0.6 is 0 Å². The number of aliphatic hydroxyl groups is 2. The normalized spacial score (nSPS) is 7.88. The van der Waals surface area contributed by atoms with Crippen LogP contribution in [0.1, 0.15) is 6.92 Å². The summed E-state index contributed by atoms with van der Waals surface area (Å²) in [7, 11) is 0.890. The van der Waals surface area contributed by atoms with Crippen LogP contribution in [-0.2, 0) is 4.43 Å². The maximum Gasteiger partial charge on any atom is 0.145 e. The molecule has 0 unspecified atom stereocenters. The van der Waals surface area contributed by atoms with E-state index in [1.807, 2.05) is 6.92 Å². The van der Waals surface area contributed by atoms with Crippen LogP contribution in [0.15, 0.2) is 0 Å². The average molecular weight is 138 g/mol. The zero-order valence-corrected chi connectivity index (χ0v) is 7.42. The molecular formula is C4H14O3Si. The molecule has 0 radical (unpaired) electrons. The molecule has 0 aromatic carbocycles. The first-order valence-corrected chi connectivity index (χ1v) is 3.35. The van der Waals surface area contributed by atoms with E-state index in [-0.39, 0.29) is 13.2 Å². The first kappa shape index (κ1) is 11.0. The fraction of sp³-hybridized carbons (Fsp3) is 1.00. The Morgan fingerprint density at radius 3 is 1.62 bits per heavy atom. The fourth-order valence-corrected chi connectivity index (χ4v) is 0. The number of aliphatic hydroxyl groups excluding tert-OH is 2. The molecule has 4 heteroatoms. The predicted molar refractivity (Wildman–Crippen MR) is 35.7 cm³/mol. The summed E-state index contributed by atoms with van der Waals surface area (Å²) in [4.78, 5) is 0. The van der Waals surface area contributed by atoms with Crippen molar-refractivity contribution in [2.75, 3.05) is 19.8 Å². The lowest BCUT2D eigenvalue weighted by atomic mass is 10.8. The third-order valence-electron chi connectivity index (χ3n) is 0.389. The molecule has 0 bridgehead atoms. The Balaban J connectivity index is 0. The van der Waals surface area contributed by atoms with Crippen LogP contribution in [0.2, 0.25) is 0 Å². The summed E-state index contributed by atoms with van der Waals surface area (Å²) in [5, 5.41) is 15.2. The van der Waals surface area contributed by atoms with Crippen LogP contribution in [-0.4, -0.2) is 40.5 Å². The molecule has 8 heavy (non-hydrogen) atoms. The van der Waals surface area contributed by atoms with Gasteiger partial charge in [-0.1, -0.05) is 0 Å². The van der Waals surface area contributed by atoms with Crippen molar-refractivity contribution in [1.82, 2.24) is 0 Å². The van der Waals surface area contributed by atoms with E-state index >= 15 is 0 Å². The van der Waals surface area contributed by atoms with Gasteiger partial charge < -0.3 is 14.6 Å². The van der Waals surface area contributed by atoms with Crippen molar-refractivity contribution >= 4 is 10.5 Å². The molecular weight excluding hydrogens is 124 g/mol. The van der Waals surface area contributed by atoms with Crippen molar-refractivity contribution in [3.05, 3.63) is 0 Å². The molecule has 0 amide bonds. The van der Waals surface area contributed by atoms with Crippen LogP contribution in [0.4, 0.5) is 0 Å². The summed E-state index contributed by atoms with van der Waals surface area (Å²) in [6, 6.07) is 0. The first-order chi connectivity index (χ1) is 3.83. The Labute approximate surface area is 52.8 Å². The van der Waals surface area contributed by atoms with E-state index in [9.17, 15) is 0 Å². The second-order valence-corrected chi connectivity index (χ2v) is 1.60. The summed E-state index contributed by atoms with van der Waals surface area (Å²) in [5.74, 6) is 0. The quantitative estimate of drug-likeness (QED) is 0.446. The Hall–Kier alpha value is 0.0969. The van der Waals surface area contributed by atoms with Gasteiger partial charge in [0, 0.05) is 6.61 Å². The lowest BCUT2D eigenvalue weighted by Crippen LogP contribution is -1.85. The highest BCUT2D eigenvalue weighted by atomic mass is 28.2. The molecule has 0 spiro atoms. The topological polar surface area (TPSA) is 49.7 Å². The van der Waals surface area contributed by atoms with E-state index in [1.54, 1.807) is 0 Å². The number of hydrogen-bond acceptors (Lipinski definition) is 3. The monoisotopic (exact) mass is 138 g/mol. The van der Waals surface area contributed by atoms with E-state index in [2.05, 4.69) is 4.43 Å². The van der Waals surface area contributed by atoms with Gasteiger partial charge in [0.05, 0.1) is 13.2 Å². The highest BCUT2D eigenvalue weighted by Crippen LogP contribution is 1.50. The van der Waals surface area contributed by atoms with Gasteiger partial charge in [0.25, 0.3) is 0 Å². The van der Waals surface area contributed by atoms with Crippen molar-refractivity contribution in [2.24, 2.45) is 0 Å². The van der Waals surface area contributed by atoms with Gasteiger partial charge in [0.2, 0.25) is 0 Å². The highest BCUT2D eigenvalue weighted by molar-refractivity contribution is 5.97. The predicted octanol–water partition coefficient (Wildman–Crippen LogP) is -1.73. The zero-order valence-electron chi connectivity index (χ0n) is 5.42. The molecule has 0 heterocycles. The van der Waals surface area contributed by atoms with Crippen molar-refractivity contribution in [1.29, 1.82) is 0 Å². The molecule has 0 fully saturated rings.